The summed E-state index contributed by atoms with van der Waals surface area (Å²) in [7, 11) is -3.17. The molecule has 1 fully saturated rings. The molecule has 1 saturated heterocycles. The second-order valence-electron chi connectivity index (χ2n) is 5.57. The van der Waals surface area contributed by atoms with E-state index in [1.165, 1.54) is 9.87 Å². The lowest BCUT2D eigenvalue weighted by molar-refractivity contribution is -0.122. The van der Waals surface area contributed by atoms with E-state index in [9.17, 15) is 13.2 Å². The van der Waals surface area contributed by atoms with Crippen molar-refractivity contribution in [2.75, 3.05) is 24.7 Å². The molecule has 0 atom stereocenters. The van der Waals surface area contributed by atoms with Crippen LogP contribution in [0.4, 0.5) is 5.69 Å². The Balaban J connectivity index is 1.84. The summed E-state index contributed by atoms with van der Waals surface area (Å²) in [6.45, 7) is 2.71. The number of amides is 1. The molecule has 2 rings (SSSR count). The normalized spacial score (nSPS) is 16.5. The Bertz CT molecular complexity index is 590. The van der Waals surface area contributed by atoms with Crippen molar-refractivity contribution in [1.29, 1.82) is 0 Å². The van der Waals surface area contributed by atoms with Gasteiger partial charge in [-0.15, -0.1) is 0 Å². The van der Waals surface area contributed by atoms with E-state index >= 15 is 0 Å². The second kappa shape index (κ2) is 6.58. The quantitative estimate of drug-likeness (QED) is 0.872. The van der Waals surface area contributed by atoms with Gasteiger partial charge in [-0.2, -0.15) is 0 Å². The molecule has 0 unspecified atom stereocenters. The first-order valence-electron chi connectivity index (χ1n) is 7.25. The van der Waals surface area contributed by atoms with E-state index in [2.05, 4.69) is 12.2 Å². The molecule has 0 spiro atoms. The molecular formula is C15H22N2O3S. The van der Waals surface area contributed by atoms with E-state index < -0.39 is 10.0 Å². The van der Waals surface area contributed by atoms with Gasteiger partial charge in [0.25, 0.3) is 0 Å². The number of hydrogen-bond donors (Lipinski definition) is 1. The Labute approximate surface area is 126 Å². The van der Waals surface area contributed by atoms with Crippen molar-refractivity contribution in [3.63, 3.8) is 0 Å². The number of hydrogen-bond acceptors (Lipinski definition) is 3. The molecule has 1 aromatic rings. The van der Waals surface area contributed by atoms with Crippen LogP contribution in [0.5, 0.6) is 0 Å². The third kappa shape index (κ3) is 4.28. The molecule has 0 bridgehead atoms. The third-order valence-electron chi connectivity index (χ3n) is 3.73. The minimum Gasteiger partial charge on any atom is -0.326 e. The van der Waals surface area contributed by atoms with Crippen molar-refractivity contribution in [3.05, 3.63) is 29.8 Å². The van der Waals surface area contributed by atoms with Gasteiger partial charge in [-0.05, 0) is 30.5 Å². The third-order valence-corrected chi connectivity index (χ3v) is 4.96. The van der Waals surface area contributed by atoms with Crippen LogP contribution in [0.15, 0.2) is 24.3 Å². The molecule has 1 N–H and O–H groups in total. The predicted octanol–water partition coefficient (Wildman–Crippen LogP) is 1.86. The Hall–Kier alpha value is -1.40. The summed E-state index contributed by atoms with van der Waals surface area (Å²) in [5, 5.41) is 2.84. The zero-order valence-corrected chi connectivity index (χ0v) is 13.3. The van der Waals surface area contributed by atoms with Gasteiger partial charge in [-0.25, -0.2) is 12.7 Å². The molecule has 0 radical (unpaired) electrons. The van der Waals surface area contributed by atoms with Crippen LogP contribution in [0, 0.1) is 5.92 Å². The van der Waals surface area contributed by atoms with E-state index in [4.69, 9.17) is 0 Å². The molecule has 1 aromatic carbocycles. The number of nitrogens with zero attached hydrogens (tertiary/aromatic N) is 1. The highest BCUT2D eigenvalue weighted by atomic mass is 32.2. The van der Waals surface area contributed by atoms with Crippen molar-refractivity contribution in [2.24, 2.45) is 5.92 Å². The van der Waals surface area contributed by atoms with Crippen LogP contribution in [-0.4, -0.2) is 38.0 Å². The lowest BCUT2D eigenvalue weighted by Crippen LogP contribution is -2.53. The minimum absolute atomic E-state index is 0.115. The molecular weight excluding hydrogens is 288 g/mol. The van der Waals surface area contributed by atoms with Crippen molar-refractivity contribution in [1.82, 2.24) is 4.31 Å². The van der Waals surface area contributed by atoms with Gasteiger partial charge in [0, 0.05) is 18.8 Å². The summed E-state index contributed by atoms with van der Waals surface area (Å²) in [6.07, 6.45) is 4.54. The monoisotopic (exact) mass is 310 g/mol. The number of benzene rings is 1. The minimum atomic E-state index is -3.17. The maximum absolute atomic E-state index is 12.0. The Morgan fingerprint density at radius 2 is 1.90 bits per heavy atom. The lowest BCUT2D eigenvalue weighted by atomic mass is 10.0. The van der Waals surface area contributed by atoms with E-state index in [1.54, 1.807) is 0 Å². The molecule has 0 aromatic heterocycles. The molecule has 1 aliphatic rings. The molecule has 6 heteroatoms. The number of unbranched alkanes of at least 4 members (excludes halogenated alkanes) is 1. The fourth-order valence-corrected chi connectivity index (χ4v) is 3.16. The lowest BCUT2D eigenvalue weighted by Gasteiger charge is -2.35. The van der Waals surface area contributed by atoms with Crippen LogP contribution < -0.4 is 5.32 Å². The van der Waals surface area contributed by atoms with Crippen molar-refractivity contribution >= 4 is 21.6 Å². The van der Waals surface area contributed by atoms with Gasteiger partial charge >= 0.3 is 0 Å². The Morgan fingerprint density at radius 3 is 2.43 bits per heavy atom. The number of anilines is 1. The summed E-state index contributed by atoms with van der Waals surface area (Å²) in [5.41, 5.74) is 2.03. The number of carbonyl (C=O) groups excluding carboxylic acids is 1. The van der Waals surface area contributed by atoms with Gasteiger partial charge in [0.1, 0.15) is 0 Å². The number of rotatable bonds is 6. The standard InChI is InChI=1S/C15H22N2O3S/c1-3-4-5-12-6-8-14(9-7-12)16-15(18)13-10-17(11-13)21(2,19)20/h6-9,13H,3-5,10-11H2,1-2H3,(H,16,18). The summed E-state index contributed by atoms with van der Waals surface area (Å²) < 4.78 is 23.8. The summed E-state index contributed by atoms with van der Waals surface area (Å²) >= 11 is 0. The number of sulfonamides is 1. The maximum atomic E-state index is 12.0. The van der Waals surface area contributed by atoms with Gasteiger partial charge in [0.05, 0.1) is 12.2 Å². The fourth-order valence-electron chi connectivity index (χ4n) is 2.25. The molecule has 1 aliphatic heterocycles. The fraction of sp³-hybridized carbons (Fsp3) is 0.533. The summed E-state index contributed by atoms with van der Waals surface area (Å²) in [5.74, 6) is -0.365. The van der Waals surface area contributed by atoms with Crippen LogP contribution in [0.1, 0.15) is 25.3 Å². The Kier molecular flexibility index (Phi) is 5.00. The molecule has 1 heterocycles. The first kappa shape index (κ1) is 16.0. The van der Waals surface area contributed by atoms with E-state index in [0.29, 0.717) is 0 Å². The van der Waals surface area contributed by atoms with Crippen LogP contribution in [0.3, 0.4) is 0 Å². The molecule has 116 valence electrons. The van der Waals surface area contributed by atoms with E-state index in [-0.39, 0.29) is 24.9 Å². The molecule has 0 saturated carbocycles. The smallest absolute Gasteiger partial charge is 0.230 e. The van der Waals surface area contributed by atoms with E-state index in [1.807, 2.05) is 24.3 Å². The largest absolute Gasteiger partial charge is 0.326 e. The number of aryl methyl sites for hydroxylation is 1. The molecule has 1 amide bonds. The van der Waals surface area contributed by atoms with Crippen LogP contribution in [-0.2, 0) is 21.2 Å². The highest BCUT2D eigenvalue weighted by molar-refractivity contribution is 7.88. The highest BCUT2D eigenvalue weighted by Gasteiger charge is 2.37. The first-order chi connectivity index (χ1) is 9.90. The van der Waals surface area contributed by atoms with Crippen LogP contribution >= 0.6 is 0 Å². The van der Waals surface area contributed by atoms with Crippen LogP contribution in [0.2, 0.25) is 0 Å². The average molecular weight is 310 g/mol. The van der Waals surface area contributed by atoms with Crippen LogP contribution in [0.25, 0.3) is 0 Å². The second-order valence-corrected chi connectivity index (χ2v) is 7.55. The predicted molar refractivity (Wildman–Crippen MR) is 83.6 cm³/mol. The number of carbonyl (C=O) groups is 1. The molecule has 21 heavy (non-hydrogen) atoms. The highest BCUT2D eigenvalue weighted by Crippen LogP contribution is 2.21. The van der Waals surface area contributed by atoms with Gasteiger partial charge in [0.15, 0.2) is 0 Å². The van der Waals surface area contributed by atoms with Gasteiger partial charge in [-0.1, -0.05) is 25.5 Å². The van der Waals surface area contributed by atoms with Crippen molar-refractivity contribution < 1.29 is 13.2 Å². The van der Waals surface area contributed by atoms with Gasteiger partial charge < -0.3 is 5.32 Å². The number of nitrogens with one attached hydrogen (secondary N) is 1. The summed E-state index contributed by atoms with van der Waals surface area (Å²) in [6, 6.07) is 7.84. The molecule has 5 nitrogen and oxygen atoms in total. The van der Waals surface area contributed by atoms with Gasteiger partial charge in [0.2, 0.25) is 15.9 Å². The topological polar surface area (TPSA) is 66.5 Å². The first-order valence-corrected chi connectivity index (χ1v) is 9.10. The van der Waals surface area contributed by atoms with Gasteiger partial charge in [-0.3, -0.25) is 4.79 Å². The zero-order valence-electron chi connectivity index (χ0n) is 12.5. The maximum Gasteiger partial charge on any atom is 0.230 e. The van der Waals surface area contributed by atoms with E-state index in [0.717, 1.165) is 31.2 Å². The average Bonchev–Trinajstić information content (AvgIpc) is 2.34. The Morgan fingerprint density at radius 1 is 1.29 bits per heavy atom. The molecule has 0 aliphatic carbocycles. The SMILES string of the molecule is CCCCc1ccc(NC(=O)C2CN(S(C)(=O)=O)C2)cc1. The van der Waals surface area contributed by atoms with Crippen molar-refractivity contribution in [3.8, 4) is 0 Å². The van der Waals surface area contributed by atoms with Crippen molar-refractivity contribution in [2.45, 2.75) is 26.2 Å². The zero-order chi connectivity index (χ0) is 15.5. The summed E-state index contributed by atoms with van der Waals surface area (Å²) in [4.78, 5) is 12.0.